The zero-order valence-corrected chi connectivity index (χ0v) is 9.76. The zero-order chi connectivity index (χ0) is 12.7. The SMILES string of the molecule is O=C1Cc2c(c(O)n(Cc3ccccc3)c2O)C1. The van der Waals surface area contributed by atoms with Gasteiger partial charge in [0.15, 0.2) is 11.8 Å². The van der Waals surface area contributed by atoms with E-state index in [1.165, 1.54) is 4.57 Å². The van der Waals surface area contributed by atoms with Crippen molar-refractivity contribution in [3.05, 3.63) is 47.0 Å². The number of hydrogen-bond acceptors (Lipinski definition) is 3. The molecule has 18 heavy (non-hydrogen) atoms. The topological polar surface area (TPSA) is 62.5 Å². The van der Waals surface area contributed by atoms with Crippen LogP contribution in [0.5, 0.6) is 11.8 Å². The summed E-state index contributed by atoms with van der Waals surface area (Å²) < 4.78 is 1.45. The van der Waals surface area contributed by atoms with Crippen molar-refractivity contribution in [1.29, 1.82) is 0 Å². The molecule has 2 aromatic rings. The van der Waals surface area contributed by atoms with E-state index in [9.17, 15) is 15.0 Å². The lowest BCUT2D eigenvalue weighted by molar-refractivity contribution is -0.117. The lowest BCUT2D eigenvalue weighted by Gasteiger charge is -2.08. The Labute approximate surface area is 104 Å². The van der Waals surface area contributed by atoms with Crippen LogP contribution in [-0.4, -0.2) is 20.6 Å². The quantitative estimate of drug-likeness (QED) is 0.842. The smallest absolute Gasteiger partial charge is 0.198 e. The zero-order valence-electron chi connectivity index (χ0n) is 9.76. The second-order valence-electron chi connectivity index (χ2n) is 4.57. The van der Waals surface area contributed by atoms with Gasteiger partial charge < -0.3 is 10.2 Å². The second kappa shape index (κ2) is 3.91. The Morgan fingerprint density at radius 2 is 1.56 bits per heavy atom. The van der Waals surface area contributed by atoms with E-state index in [0.29, 0.717) is 17.7 Å². The maximum Gasteiger partial charge on any atom is 0.198 e. The molecule has 0 aliphatic heterocycles. The number of hydrogen-bond donors (Lipinski definition) is 2. The molecule has 1 aliphatic rings. The van der Waals surface area contributed by atoms with Crippen LogP contribution in [-0.2, 0) is 24.2 Å². The van der Waals surface area contributed by atoms with E-state index in [0.717, 1.165) is 5.56 Å². The van der Waals surface area contributed by atoms with Crippen LogP contribution < -0.4 is 0 Å². The van der Waals surface area contributed by atoms with Crippen LogP contribution in [0, 0.1) is 0 Å². The van der Waals surface area contributed by atoms with Gasteiger partial charge in [0.25, 0.3) is 0 Å². The maximum absolute atomic E-state index is 11.3. The van der Waals surface area contributed by atoms with Crippen molar-refractivity contribution in [2.45, 2.75) is 19.4 Å². The first kappa shape index (κ1) is 10.9. The predicted molar refractivity (Wildman–Crippen MR) is 65.7 cm³/mol. The highest BCUT2D eigenvalue weighted by atomic mass is 16.3. The predicted octanol–water partition coefficient (Wildman–Crippen LogP) is 1.62. The molecule has 4 heteroatoms. The number of carbonyl (C=O) groups is 1. The van der Waals surface area contributed by atoms with Gasteiger partial charge in [-0.05, 0) is 5.56 Å². The van der Waals surface area contributed by atoms with Crippen LogP contribution in [0.2, 0.25) is 0 Å². The molecule has 0 fully saturated rings. The average Bonchev–Trinajstić information content (AvgIpc) is 2.85. The van der Waals surface area contributed by atoms with Crippen molar-refractivity contribution >= 4 is 5.78 Å². The Balaban J connectivity index is 2.00. The number of nitrogens with zero attached hydrogens (tertiary/aromatic N) is 1. The van der Waals surface area contributed by atoms with E-state index in [2.05, 4.69) is 0 Å². The first-order valence-electron chi connectivity index (χ1n) is 5.84. The first-order valence-corrected chi connectivity index (χ1v) is 5.84. The third kappa shape index (κ3) is 1.57. The molecular formula is C14H13NO3. The normalized spacial score (nSPS) is 13.9. The average molecular weight is 243 g/mol. The van der Waals surface area contributed by atoms with Gasteiger partial charge in [0.05, 0.1) is 6.54 Å². The highest BCUT2D eigenvalue weighted by Gasteiger charge is 2.30. The highest BCUT2D eigenvalue weighted by molar-refractivity contribution is 5.90. The first-order chi connectivity index (χ1) is 8.66. The van der Waals surface area contributed by atoms with Crippen LogP contribution in [0.1, 0.15) is 16.7 Å². The molecule has 0 bridgehead atoms. The number of aromatic hydroxyl groups is 2. The lowest BCUT2D eigenvalue weighted by Crippen LogP contribution is -2.02. The summed E-state index contributed by atoms with van der Waals surface area (Å²) in [5, 5.41) is 20.1. The van der Waals surface area contributed by atoms with Crippen molar-refractivity contribution < 1.29 is 15.0 Å². The summed E-state index contributed by atoms with van der Waals surface area (Å²) in [6.45, 7) is 0.402. The van der Waals surface area contributed by atoms with Crippen molar-refractivity contribution in [3.63, 3.8) is 0 Å². The van der Waals surface area contributed by atoms with Crippen molar-refractivity contribution in [2.24, 2.45) is 0 Å². The highest BCUT2D eigenvalue weighted by Crippen LogP contribution is 2.38. The largest absolute Gasteiger partial charge is 0.494 e. The summed E-state index contributed by atoms with van der Waals surface area (Å²) >= 11 is 0. The molecule has 1 heterocycles. The van der Waals surface area contributed by atoms with Gasteiger partial charge in [-0.25, -0.2) is 0 Å². The minimum absolute atomic E-state index is 0.0113. The fourth-order valence-corrected chi connectivity index (χ4v) is 2.44. The monoisotopic (exact) mass is 243 g/mol. The summed E-state index contributed by atoms with van der Waals surface area (Å²) in [6.07, 6.45) is 0.438. The maximum atomic E-state index is 11.3. The number of rotatable bonds is 2. The van der Waals surface area contributed by atoms with E-state index >= 15 is 0 Å². The van der Waals surface area contributed by atoms with E-state index in [1.54, 1.807) is 0 Å². The van der Waals surface area contributed by atoms with E-state index < -0.39 is 0 Å². The molecule has 92 valence electrons. The molecule has 0 amide bonds. The number of Topliss-reactive ketones (excluding diaryl/α,β-unsaturated/α-hetero) is 1. The molecule has 4 nitrogen and oxygen atoms in total. The molecule has 0 unspecified atom stereocenters. The molecule has 0 radical (unpaired) electrons. The summed E-state index contributed by atoms with van der Waals surface area (Å²) in [6, 6.07) is 9.58. The van der Waals surface area contributed by atoms with E-state index in [-0.39, 0.29) is 30.4 Å². The van der Waals surface area contributed by atoms with Crippen molar-refractivity contribution in [2.75, 3.05) is 0 Å². The Kier molecular flexibility index (Phi) is 2.37. The summed E-state index contributed by atoms with van der Waals surface area (Å²) in [5.74, 6) is 0.0619. The van der Waals surface area contributed by atoms with Gasteiger partial charge in [-0.3, -0.25) is 9.36 Å². The number of benzene rings is 1. The fourth-order valence-electron chi connectivity index (χ4n) is 2.44. The van der Waals surface area contributed by atoms with Gasteiger partial charge in [0.1, 0.15) is 5.78 Å². The molecule has 2 N–H and O–H groups in total. The second-order valence-corrected chi connectivity index (χ2v) is 4.57. The molecule has 3 rings (SSSR count). The fraction of sp³-hybridized carbons (Fsp3) is 0.214. The number of fused-ring (bicyclic) bond motifs is 1. The summed E-state index contributed by atoms with van der Waals surface area (Å²) in [7, 11) is 0. The van der Waals surface area contributed by atoms with Gasteiger partial charge in [0, 0.05) is 24.0 Å². The van der Waals surface area contributed by atoms with Crippen molar-refractivity contribution in [3.8, 4) is 11.8 Å². The minimum Gasteiger partial charge on any atom is -0.494 e. The van der Waals surface area contributed by atoms with Crippen LogP contribution in [0.25, 0.3) is 0 Å². The third-order valence-electron chi connectivity index (χ3n) is 3.35. The standard InChI is InChI=1S/C14H13NO3/c16-10-6-11-12(7-10)14(18)15(13(11)17)8-9-4-2-1-3-5-9/h1-5,17-18H,6-8H2. The van der Waals surface area contributed by atoms with Crippen LogP contribution in [0.4, 0.5) is 0 Å². The van der Waals surface area contributed by atoms with E-state index in [4.69, 9.17) is 0 Å². The molecule has 1 aromatic heterocycles. The molecule has 1 aromatic carbocycles. The van der Waals surface area contributed by atoms with Gasteiger partial charge >= 0.3 is 0 Å². The number of aromatic nitrogens is 1. The molecule has 1 aliphatic carbocycles. The summed E-state index contributed by atoms with van der Waals surface area (Å²) in [5.41, 5.74) is 2.14. The van der Waals surface area contributed by atoms with Crippen LogP contribution >= 0.6 is 0 Å². The number of ketones is 1. The van der Waals surface area contributed by atoms with E-state index in [1.807, 2.05) is 30.3 Å². The van der Waals surface area contributed by atoms with Gasteiger partial charge in [-0.2, -0.15) is 0 Å². The summed E-state index contributed by atoms with van der Waals surface area (Å²) in [4.78, 5) is 11.3. The van der Waals surface area contributed by atoms with Crippen molar-refractivity contribution in [1.82, 2.24) is 4.57 Å². The Bertz CT molecular complexity index is 582. The third-order valence-corrected chi connectivity index (χ3v) is 3.35. The molecular weight excluding hydrogens is 230 g/mol. The molecule has 0 atom stereocenters. The molecule has 0 spiro atoms. The lowest BCUT2D eigenvalue weighted by atomic mass is 10.2. The Morgan fingerprint density at radius 1 is 1.00 bits per heavy atom. The Hall–Kier alpha value is -2.23. The Morgan fingerprint density at radius 3 is 2.11 bits per heavy atom. The van der Waals surface area contributed by atoms with Gasteiger partial charge in [-0.1, -0.05) is 30.3 Å². The van der Waals surface area contributed by atoms with Gasteiger partial charge in [-0.15, -0.1) is 0 Å². The minimum atomic E-state index is 0.0113. The van der Waals surface area contributed by atoms with Crippen LogP contribution in [0.3, 0.4) is 0 Å². The van der Waals surface area contributed by atoms with Gasteiger partial charge in [0.2, 0.25) is 0 Å². The molecule has 0 saturated heterocycles. The molecule has 0 saturated carbocycles. The van der Waals surface area contributed by atoms with Crippen LogP contribution in [0.15, 0.2) is 30.3 Å². The number of carbonyl (C=O) groups excluding carboxylic acids is 1.